The maximum absolute atomic E-state index is 12.8. The molecule has 1 aliphatic carbocycles. The Bertz CT molecular complexity index is 675. The number of hydrogen-bond acceptors (Lipinski definition) is 4. The van der Waals surface area contributed by atoms with E-state index in [0.29, 0.717) is 11.3 Å². The lowest BCUT2D eigenvalue weighted by atomic mass is 9.94. The van der Waals surface area contributed by atoms with Crippen molar-refractivity contribution in [3.8, 4) is 5.75 Å². The summed E-state index contributed by atoms with van der Waals surface area (Å²) in [6, 6.07) is 6.45. The van der Waals surface area contributed by atoms with E-state index in [9.17, 15) is 9.59 Å². The molecule has 1 aromatic carbocycles. The molecule has 3 rings (SSSR count). The van der Waals surface area contributed by atoms with Crippen LogP contribution in [0.4, 0.5) is 4.79 Å². The van der Waals surface area contributed by atoms with E-state index >= 15 is 0 Å². The number of amides is 2. The van der Waals surface area contributed by atoms with Crippen LogP contribution in [-0.2, 0) is 9.53 Å². The van der Waals surface area contributed by atoms with Crippen molar-refractivity contribution in [1.82, 2.24) is 10.6 Å². The fourth-order valence-electron chi connectivity index (χ4n) is 3.41. The first-order valence-corrected chi connectivity index (χ1v) is 8.71. The largest absolute Gasteiger partial charge is 0.497 e. The summed E-state index contributed by atoms with van der Waals surface area (Å²) in [5.41, 5.74) is 1.80. The molecule has 0 radical (unpaired) electrons. The van der Waals surface area contributed by atoms with E-state index in [1.807, 2.05) is 24.3 Å². The third-order valence-electron chi connectivity index (χ3n) is 4.76. The normalized spacial score (nSPS) is 21.4. The Balaban J connectivity index is 1.84. The molecule has 25 heavy (non-hydrogen) atoms. The SMILES string of the molecule is COc1ccc([C@H]2NC(=O)NC(C)=C2C(=O)OC2CCCCC2)cc1. The number of esters is 1. The van der Waals surface area contributed by atoms with Crippen molar-refractivity contribution in [2.45, 2.75) is 51.2 Å². The summed E-state index contributed by atoms with van der Waals surface area (Å²) in [5.74, 6) is 0.355. The van der Waals surface area contributed by atoms with Crippen LogP contribution in [0.1, 0.15) is 50.6 Å². The zero-order chi connectivity index (χ0) is 17.8. The lowest BCUT2D eigenvalue weighted by Gasteiger charge is -2.30. The van der Waals surface area contributed by atoms with E-state index in [2.05, 4.69) is 10.6 Å². The molecule has 2 amide bonds. The minimum absolute atomic E-state index is 0.0318. The molecule has 0 spiro atoms. The predicted octanol–water partition coefficient (Wildman–Crippen LogP) is 3.20. The van der Waals surface area contributed by atoms with E-state index in [0.717, 1.165) is 37.0 Å². The van der Waals surface area contributed by atoms with Crippen LogP contribution in [-0.4, -0.2) is 25.2 Å². The van der Waals surface area contributed by atoms with Gasteiger partial charge in [-0.15, -0.1) is 0 Å². The molecule has 2 aliphatic rings. The number of carbonyl (C=O) groups is 2. The molecular formula is C19H24N2O4. The quantitative estimate of drug-likeness (QED) is 0.823. The molecule has 0 aromatic heterocycles. The Morgan fingerprint density at radius 2 is 1.80 bits per heavy atom. The minimum Gasteiger partial charge on any atom is -0.497 e. The van der Waals surface area contributed by atoms with Crippen molar-refractivity contribution in [2.24, 2.45) is 0 Å². The molecule has 0 bridgehead atoms. The number of ether oxygens (including phenoxy) is 2. The molecule has 0 saturated heterocycles. The molecular weight excluding hydrogens is 320 g/mol. The van der Waals surface area contributed by atoms with E-state index in [1.165, 1.54) is 6.42 Å². The minimum atomic E-state index is -0.532. The Morgan fingerprint density at radius 3 is 2.44 bits per heavy atom. The van der Waals surface area contributed by atoms with Crippen LogP contribution in [0.2, 0.25) is 0 Å². The summed E-state index contributed by atoms with van der Waals surface area (Å²) in [6.07, 6.45) is 5.16. The summed E-state index contributed by atoms with van der Waals surface area (Å²) in [5, 5.41) is 5.49. The predicted molar refractivity (Wildman–Crippen MR) is 93.1 cm³/mol. The van der Waals surface area contributed by atoms with E-state index < -0.39 is 6.04 Å². The van der Waals surface area contributed by atoms with Gasteiger partial charge in [-0.1, -0.05) is 18.6 Å². The second-order valence-electron chi connectivity index (χ2n) is 6.51. The fraction of sp³-hybridized carbons (Fsp3) is 0.474. The topological polar surface area (TPSA) is 76.7 Å². The lowest BCUT2D eigenvalue weighted by molar-refractivity contribution is -0.146. The van der Waals surface area contributed by atoms with Gasteiger partial charge < -0.3 is 20.1 Å². The van der Waals surface area contributed by atoms with Crippen molar-refractivity contribution in [1.29, 1.82) is 0 Å². The zero-order valence-electron chi connectivity index (χ0n) is 14.6. The van der Waals surface area contributed by atoms with Gasteiger partial charge >= 0.3 is 12.0 Å². The maximum atomic E-state index is 12.8. The van der Waals surface area contributed by atoms with Gasteiger partial charge in [0.05, 0.1) is 18.7 Å². The number of nitrogens with one attached hydrogen (secondary N) is 2. The van der Waals surface area contributed by atoms with Crippen LogP contribution < -0.4 is 15.4 Å². The van der Waals surface area contributed by atoms with Gasteiger partial charge in [0.2, 0.25) is 0 Å². The second kappa shape index (κ2) is 7.59. The molecule has 6 heteroatoms. The number of rotatable bonds is 4. The van der Waals surface area contributed by atoms with Gasteiger partial charge in [-0.3, -0.25) is 0 Å². The number of hydrogen-bond donors (Lipinski definition) is 2. The maximum Gasteiger partial charge on any atom is 0.338 e. The standard InChI is InChI=1S/C19H24N2O4/c1-12-16(18(22)25-15-6-4-3-5-7-15)17(21-19(23)20-12)13-8-10-14(24-2)11-9-13/h8-11,15,17H,3-7H2,1-2H3,(H2,20,21,23)/t17-/m1/s1. The van der Waals surface area contributed by atoms with Gasteiger partial charge in [-0.05, 0) is 50.3 Å². The third kappa shape index (κ3) is 3.95. The van der Waals surface area contributed by atoms with Crippen molar-refractivity contribution >= 4 is 12.0 Å². The summed E-state index contributed by atoms with van der Waals surface area (Å²) < 4.78 is 10.9. The van der Waals surface area contributed by atoms with Crippen LogP contribution in [0.15, 0.2) is 35.5 Å². The van der Waals surface area contributed by atoms with Gasteiger partial charge in [0.1, 0.15) is 11.9 Å². The highest BCUT2D eigenvalue weighted by atomic mass is 16.5. The van der Waals surface area contributed by atoms with Crippen LogP contribution in [0.3, 0.4) is 0 Å². The second-order valence-corrected chi connectivity index (χ2v) is 6.51. The Labute approximate surface area is 147 Å². The number of benzene rings is 1. The van der Waals surface area contributed by atoms with Crippen molar-refractivity contribution < 1.29 is 19.1 Å². The molecule has 0 unspecified atom stereocenters. The Morgan fingerprint density at radius 1 is 1.12 bits per heavy atom. The summed E-state index contributed by atoms with van der Waals surface area (Å²) >= 11 is 0. The van der Waals surface area contributed by atoms with E-state index in [-0.39, 0.29) is 18.1 Å². The van der Waals surface area contributed by atoms with Gasteiger partial charge in [0, 0.05) is 5.70 Å². The molecule has 1 atom stereocenters. The van der Waals surface area contributed by atoms with Crippen molar-refractivity contribution in [3.05, 3.63) is 41.1 Å². The number of urea groups is 1. The van der Waals surface area contributed by atoms with Gasteiger partial charge in [0.25, 0.3) is 0 Å². The van der Waals surface area contributed by atoms with Crippen molar-refractivity contribution in [3.63, 3.8) is 0 Å². The number of carbonyl (C=O) groups excluding carboxylic acids is 2. The molecule has 6 nitrogen and oxygen atoms in total. The molecule has 1 aromatic rings. The first-order valence-electron chi connectivity index (χ1n) is 8.71. The van der Waals surface area contributed by atoms with Crippen LogP contribution in [0.25, 0.3) is 0 Å². The zero-order valence-corrected chi connectivity index (χ0v) is 14.6. The first-order chi connectivity index (χ1) is 12.1. The molecule has 2 N–H and O–H groups in total. The molecule has 134 valence electrons. The van der Waals surface area contributed by atoms with Crippen LogP contribution in [0, 0.1) is 0 Å². The highest BCUT2D eigenvalue weighted by molar-refractivity contribution is 5.95. The molecule has 1 fully saturated rings. The summed E-state index contributed by atoms with van der Waals surface area (Å²) in [6.45, 7) is 1.73. The average molecular weight is 344 g/mol. The number of methoxy groups -OCH3 is 1. The van der Waals surface area contributed by atoms with Crippen LogP contribution >= 0.6 is 0 Å². The summed E-state index contributed by atoms with van der Waals surface area (Å²) in [7, 11) is 1.60. The first kappa shape index (κ1) is 17.3. The third-order valence-corrected chi connectivity index (χ3v) is 4.76. The summed E-state index contributed by atoms with van der Waals surface area (Å²) in [4.78, 5) is 24.7. The van der Waals surface area contributed by atoms with Crippen molar-refractivity contribution in [2.75, 3.05) is 7.11 Å². The fourth-order valence-corrected chi connectivity index (χ4v) is 3.41. The monoisotopic (exact) mass is 344 g/mol. The van der Waals surface area contributed by atoms with E-state index in [1.54, 1.807) is 14.0 Å². The highest BCUT2D eigenvalue weighted by Crippen LogP contribution is 2.30. The molecule has 1 heterocycles. The smallest absolute Gasteiger partial charge is 0.338 e. The van der Waals surface area contributed by atoms with E-state index in [4.69, 9.17) is 9.47 Å². The van der Waals surface area contributed by atoms with Gasteiger partial charge in [0.15, 0.2) is 0 Å². The lowest BCUT2D eigenvalue weighted by Crippen LogP contribution is -2.45. The van der Waals surface area contributed by atoms with Crippen LogP contribution in [0.5, 0.6) is 5.75 Å². The Kier molecular flexibility index (Phi) is 5.26. The van der Waals surface area contributed by atoms with Gasteiger partial charge in [-0.2, -0.15) is 0 Å². The highest BCUT2D eigenvalue weighted by Gasteiger charge is 2.33. The molecule has 1 aliphatic heterocycles. The van der Waals surface area contributed by atoms with Gasteiger partial charge in [-0.25, -0.2) is 9.59 Å². The molecule has 1 saturated carbocycles. The average Bonchev–Trinajstić information content (AvgIpc) is 2.62. The Hall–Kier alpha value is -2.50. The number of allylic oxidation sites excluding steroid dienone is 1.